The van der Waals surface area contributed by atoms with Crippen LogP contribution in [0.25, 0.3) is 0 Å². The Morgan fingerprint density at radius 1 is 1.15 bits per heavy atom. The molecule has 138 valence electrons. The number of hydrogen-bond donors (Lipinski definition) is 2. The van der Waals surface area contributed by atoms with Gasteiger partial charge in [-0.1, -0.05) is 30.7 Å². The summed E-state index contributed by atoms with van der Waals surface area (Å²) in [4.78, 5) is 24.0. The minimum Gasteiger partial charge on any atom is -0.503 e. The van der Waals surface area contributed by atoms with Gasteiger partial charge in [0.2, 0.25) is 0 Å². The normalized spacial score (nSPS) is 10.3. The van der Waals surface area contributed by atoms with Gasteiger partial charge in [-0.2, -0.15) is 0 Å². The molecule has 0 bridgehead atoms. The van der Waals surface area contributed by atoms with Gasteiger partial charge in [-0.3, -0.25) is 4.79 Å². The van der Waals surface area contributed by atoms with Crippen molar-refractivity contribution in [2.75, 3.05) is 18.5 Å². The Bertz CT molecular complexity index is 789. The van der Waals surface area contributed by atoms with E-state index in [-0.39, 0.29) is 22.1 Å². The Morgan fingerprint density at radius 2 is 1.85 bits per heavy atom. The summed E-state index contributed by atoms with van der Waals surface area (Å²) in [5.41, 5.74) is 1.86. The number of halogens is 1. The molecule has 2 N–H and O–H groups in total. The first-order valence-corrected chi connectivity index (χ1v) is 8.53. The van der Waals surface area contributed by atoms with E-state index in [1.165, 1.54) is 12.1 Å². The Kier molecular flexibility index (Phi) is 6.86. The fraction of sp³-hybridized carbons (Fsp3) is 0.263. The van der Waals surface area contributed by atoms with Crippen LogP contribution in [0, 0.1) is 0 Å². The molecule has 2 aromatic rings. The summed E-state index contributed by atoms with van der Waals surface area (Å²) < 4.78 is 10.2. The summed E-state index contributed by atoms with van der Waals surface area (Å²) in [6.45, 7) is 3.62. The number of benzene rings is 2. The van der Waals surface area contributed by atoms with Crippen LogP contribution in [0.5, 0.6) is 11.5 Å². The standard InChI is InChI=1S/C19H20ClNO5/c1-3-12-5-7-14(8-6-12)21-17(22)11-26-19(24)13-9-15(20)18(23)16(10-13)25-4-2/h5-10,23H,3-4,11H2,1-2H3,(H,21,22). The summed E-state index contributed by atoms with van der Waals surface area (Å²) in [6, 6.07) is 9.96. The predicted molar refractivity (Wildman–Crippen MR) is 99.0 cm³/mol. The molecule has 0 heterocycles. The second-order valence-corrected chi connectivity index (χ2v) is 5.82. The molecule has 0 saturated carbocycles. The molecule has 0 spiro atoms. The quantitative estimate of drug-likeness (QED) is 0.717. The summed E-state index contributed by atoms with van der Waals surface area (Å²) in [7, 11) is 0. The lowest BCUT2D eigenvalue weighted by molar-refractivity contribution is -0.119. The lowest BCUT2D eigenvalue weighted by Crippen LogP contribution is -2.21. The number of aryl methyl sites for hydroxylation is 1. The first kappa shape index (κ1) is 19.6. The van der Waals surface area contributed by atoms with Gasteiger partial charge in [0, 0.05) is 5.69 Å². The van der Waals surface area contributed by atoms with Crippen molar-refractivity contribution < 1.29 is 24.2 Å². The van der Waals surface area contributed by atoms with Gasteiger partial charge >= 0.3 is 5.97 Å². The Hall–Kier alpha value is -2.73. The highest BCUT2D eigenvalue weighted by atomic mass is 35.5. The molecule has 6 nitrogen and oxygen atoms in total. The van der Waals surface area contributed by atoms with Crippen molar-refractivity contribution >= 4 is 29.2 Å². The number of amides is 1. The van der Waals surface area contributed by atoms with Crippen molar-refractivity contribution in [2.45, 2.75) is 20.3 Å². The predicted octanol–water partition coefficient (Wildman–Crippen LogP) is 3.80. The average Bonchev–Trinajstić information content (AvgIpc) is 2.64. The molecule has 0 radical (unpaired) electrons. The first-order valence-electron chi connectivity index (χ1n) is 8.15. The van der Waals surface area contributed by atoms with Crippen LogP contribution in [0.4, 0.5) is 5.69 Å². The molecule has 0 fully saturated rings. The van der Waals surface area contributed by atoms with E-state index in [9.17, 15) is 14.7 Å². The van der Waals surface area contributed by atoms with Gasteiger partial charge in [0.25, 0.3) is 5.91 Å². The number of phenolic OH excluding ortho intramolecular Hbond substituents is 1. The number of carbonyl (C=O) groups excluding carboxylic acids is 2. The van der Waals surface area contributed by atoms with Gasteiger partial charge in [-0.05, 0) is 43.2 Å². The van der Waals surface area contributed by atoms with E-state index < -0.39 is 18.5 Å². The summed E-state index contributed by atoms with van der Waals surface area (Å²) in [5.74, 6) is -1.38. The van der Waals surface area contributed by atoms with Crippen LogP contribution < -0.4 is 10.1 Å². The van der Waals surface area contributed by atoms with Gasteiger partial charge < -0.3 is 19.9 Å². The Labute approximate surface area is 156 Å². The van der Waals surface area contributed by atoms with Crippen molar-refractivity contribution in [1.82, 2.24) is 0 Å². The number of esters is 1. The van der Waals surface area contributed by atoms with Crippen molar-refractivity contribution in [2.24, 2.45) is 0 Å². The monoisotopic (exact) mass is 377 g/mol. The van der Waals surface area contributed by atoms with Gasteiger partial charge in [0.05, 0.1) is 17.2 Å². The average molecular weight is 378 g/mol. The lowest BCUT2D eigenvalue weighted by Gasteiger charge is -2.10. The zero-order valence-electron chi connectivity index (χ0n) is 14.5. The molecule has 0 aromatic heterocycles. The van der Waals surface area contributed by atoms with Crippen LogP contribution >= 0.6 is 11.6 Å². The van der Waals surface area contributed by atoms with Crippen molar-refractivity contribution in [1.29, 1.82) is 0 Å². The molecule has 7 heteroatoms. The summed E-state index contributed by atoms with van der Waals surface area (Å²) >= 11 is 5.88. The number of nitrogens with one attached hydrogen (secondary N) is 1. The Morgan fingerprint density at radius 3 is 2.46 bits per heavy atom. The SMILES string of the molecule is CCOc1cc(C(=O)OCC(=O)Nc2ccc(CC)cc2)cc(Cl)c1O. The number of hydrogen-bond acceptors (Lipinski definition) is 5. The fourth-order valence-corrected chi connectivity index (χ4v) is 2.40. The molecular weight excluding hydrogens is 358 g/mol. The van der Waals surface area contributed by atoms with E-state index in [4.69, 9.17) is 21.1 Å². The van der Waals surface area contributed by atoms with E-state index in [2.05, 4.69) is 5.32 Å². The second kappa shape index (κ2) is 9.10. The second-order valence-electron chi connectivity index (χ2n) is 5.41. The van der Waals surface area contributed by atoms with Crippen LogP contribution in [0.15, 0.2) is 36.4 Å². The highest BCUT2D eigenvalue weighted by molar-refractivity contribution is 6.32. The maximum Gasteiger partial charge on any atom is 0.338 e. The lowest BCUT2D eigenvalue weighted by atomic mass is 10.1. The number of ether oxygens (including phenoxy) is 2. The van der Waals surface area contributed by atoms with Crippen LogP contribution in [0.2, 0.25) is 5.02 Å². The third-order valence-electron chi connectivity index (χ3n) is 3.54. The van der Waals surface area contributed by atoms with E-state index in [1.807, 2.05) is 19.1 Å². The maximum absolute atomic E-state index is 12.1. The molecule has 0 atom stereocenters. The van der Waals surface area contributed by atoms with Crippen LogP contribution in [0.1, 0.15) is 29.8 Å². The maximum atomic E-state index is 12.1. The van der Waals surface area contributed by atoms with Gasteiger partial charge in [0.15, 0.2) is 18.1 Å². The molecular formula is C19H20ClNO5. The summed E-state index contributed by atoms with van der Waals surface area (Å²) in [6.07, 6.45) is 0.908. The smallest absolute Gasteiger partial charge is 0.338 e. The molecule has 2 aromatic carbocycles. The molecule has 0 saturated heterocycles. The topological polar surface area (TPSA) is 84.9 Å². The number of rotatable bonds is 7. The minimum absolute atomic E-state index is 0.0386. The van der Waals surface area contributed by atoms with E-state index in [1.54, 1.807) is 19.1 Å². The number of aromatic hydroxyl groups is 1. The molecule has 0 aliphatic heterocycles. The van der Waals surface area contributed by atoms with Crippen molar-refractivity contribution in [3.8, 4) is 11.5 Å². The molecule has 26 heavy (non-hydrogen) atoms. The van der Waals surface area contributed by atoms with Crippen molar-refractivity contribution in [3.05, 3.63) is 52.5 Å². The third-order valence-corrected chi connectivity index (χ3v) is 3.83. The highest BCUT2D eigenvalue weighted by Crippen LogP contribution is 2.35. The highest BCUT2D eigenvalue weighted by Gasteiger charge is 2.16. The molecule has 1 amide bonds. The zero-order valence-corrected chi connectivity index (χ0v) is 15.3. The third kappa shape index (κ3) is 5.13. The van der Waals surface area contributed by atoms with Crippen LogP contribution in [-0.4, -0.2) is 30.2 Å². The number of anilines is 1. The molecule has 0 unspecified atom stereocenters. The van der Waals surface area contributed by atoms with E-state index in [0.29, 0.717) is 12.3 Å². The number of phenols is 1. The van der Waals surface area contributed by atoms with Gasteiger partial charge in [-0.25, -0.2) is 4.79 Å². The van der Waals surface area contributed by atoms with Gasteiger partial charge in [0.1, 0.15) is 0 Å². The van der Waals surface area contributed by atoms with E-state index >= 15 is 0 Å². The largest absolute Gasteiger partial charge is 0.503 e. The van der Waals surface area contributed by atoms with Crippen molar-refractivity contribution in [3.63, 3.8) is 0 Å². The van der Waals surface area contributed by atoms with Gasteiger partial charge in [-0.15, -0.1) is 0 Å². The molecule has 0 aliphatic carbocycles. The fourth-order valence-electron chi connectivity index (χ4n) is 2.19. The molecule has 2 rings (SSSR count). The van der Waals surface area contributed by atoms with E-state index in [0.717, 1.165) is 12.0 Å². The Balaban J connectivity index is 1.96. The molecule has 0 aliphatic rings. The first-order chi connectivity index (χ1) is 12.4. The summed E-state index contributed by atoms with van der Waals surface area (Å²) in [5, 5.41) is 12.4. The zero-order chi connectivity index (χ0) is 19.1. The van der Waals surface area contributed by atoms with Crippen LogP contribution in [-0.2, 0) is 16.0 Å². The number of carbonyl (C=O) groups is 2. The van der Waals surface area contributed by atoms with Crippen LogP contribution in [0.3, 0.4) is 0 Å². The minimum atomic E-state index is -0.746.